The molecule has 1 aromatic carbocycles. The molecule has 2 N–H and O–H groups in total. The van der Waals surface area contributed by atoms with Gasteiger partial charge < -0.3 is 10.1 Å². The molecule has 2 aromatic rings. The Morgan fingerprint density at radius 2 is 2.14 bits per heavy atom. The Morgan fingerprint density at radius 1 is 1.36 bits per heavy atom. The molecule has 1 aliphatic heterocycles. The number of aromatic nitrogens is 1. The molecule has 0 fully saturated rings. The summed E-state index contributed by atoms with van der Waals surface area (Å²) in [5.41, 5.74) is 3.32. The number of rotatable bonds is 3. The fraction of sp³-hybridized carbons (Fsp3) is 0.375. The maximum atomic E-state index is 12.1. The van der Waals surface area contributed by atoms with E-state index in [-0.39, 0.29) is 12.1 Å². The quantitative estimate of drug-likeness (QED) is 0.912. The highest BCUT2D eigenvalue weighted by Crippen LogP contribution is 2.27. The van der Waals surface area contributed by atoms with Crippen molar-refractivity contribution in [3.63, 3.8) is 0 Å². The van der Waals surface area contributed by atoms with E-state index in [1.807, 2.05) is 38.1 Å². The fourth-order valence-corrected chi connectivity index (χ4v) is 3.29. The number of carbonyl (C=O) groups excluding carboxylic acids is 1. The van der Waals surface area contributed by atoms with Crippen LogP contribution in [0.15, 0.2) is 24.3 Å². The van der Waals surface area contributed by atoms with Crippen LogP contribution in [0.1, 0.15) is 34.7 Å². The van der Waals surface area contributed by atoms with Crippen LogP contribution in [0.3, 0.4) is 0 Å². The van der Waals surface area contributed by atoms with Crippen LogP contribution in [-0.2, 0) is 17.8 Å². The van der Waals surface area contributed by atoms with E-state index in [9.17, 15) is 4.79 Å². The molecule has 116 valence electrons. The van der Waals surface area contributed by atoms with Crippen LogP contribution in [0.5, 0.6) is 0 Å². The summed E-state index contributed by atoms with van der Waals surface area (Å²) in [5.74, 6) is 0. The van der Waals surface area contributed by atoms with E-state index >= 15 is 0 Å². The average molecular weight is 317 g/mol. The molecule has 1 atom stereocenters. The molecule has 3 rings (SSSR count). The van der Waals surface area contributed by atoms with Crippen molar-refractivity contribution < 1.29 is 9.53 Å². The van der Waals surface area contributed by atoms with E-state index in [0.717, 1.165) is 22.6 Å². The van der Waals surface area contributed by atoms with Crippen molar-refractivity contribution in [2.45, 2.75) is 32.9 Å². The van der Waals surface area contributed by atoms with E-state index < -0.39 is 0 Å². The van der Waals surface area contributed by atoms with E-state index in [1.54, 1.807) is 0 Å². The van der Waals surface area contributed by atoms with Crippen molar-refractivity contribution in [2.75, 3.05) is 11.9 Å². The number of thiazole rings is 1. The largest absolute Gasteiger partial charge is 0.375 e. The Kier molecular flexibility index (Phi) is 4.40. The number of amides is 2. The molecule has 1 aliphatic rings. The number of fused-ring (bicyclic) bond motifs is 1. The molecule has 2 amide bonds. The minimum Gasteiger partial charge on any atom is -0.375 e. The molecular weight excluding hydrogens is 298 g/mol. The molecule has 0 aliphatic carbocycles. The second-order valence-electron chi connectivity index (χ2n) is 5.42. The summed E-state index contributed by atoms with van der Waals surface area (Å²) in [5, 5.41) is 6.37. The number of hydrogen-bond acceptors (Lipinski definition) is 4. The standard InChI is InChI=1S/C16H19N3O2S/c1-10-3-5-12(6-4-10)11(2)17-15(20)19-16-18-13-7-8-21-9-14(13)22-16/h3-6,11H,7-9H2,1-2H3,(H2,17,18,19,20)/t11-/m1/s1. The Balaban J connectivity index is 1.60. The summed E-state index contributed by atoms with van der Waals surface area (Å²) in [4.78, 5) is 17.6. The fourth-order valence-electron chi connectivity index (χ4n) is 2.35. The third-order valence-corrected chi connectivity index (χ3v) is 4.63. The Labute approximate surface area is 133 Å². The van der Waals surface area contributed by atoms with Gasteiger partial charge in [0.25, 0.3) is 0 Å². The summed E-state index contributed by atoms with van der Waals surface area (Å²) < 4.78 is 5.39. The van der Waals surface area contributed by atoms with Crippen molar-refractivity contribution in [1.82, 2.24) is 10.3 Å². The van der Waals surface area contributed by atoms with Crippen LogP contribution >= 0.6 is 11.3 Å². The maximum Gasteiger partial charge on any atom is 0.321 e. The molecule has 6 heteroatoms. The first kappa shape index (κ1) is 15.0. The number of anilines is 1. The van der Waals surface area contributed by atoms with Gasteiger partial charge in [0.15, 0.2) is 5.13 Å². The van der Waals surface area contributed by atoms with Gasteiger partial charge in [-0.3, -0.25) is 5.32 Å². The topological polar surface area (TPSA) is 63.2 Å². The third-order valence-electron chi connectivity index (χ3n) is 3.64. The van der Waals surface area contributed by atoms with Gasteiger partial charge >= 0.3 is 6.03 Å². The maximum absolute atomic E-state index is 12.1. The molecule has 22 heavy (non-hydrogen) atoms. The first-order valence-corrected chi connectivity index (χ1v) is 8.14. The molecule has 0 unspecified atom stereocenters. The molecule has 5 nitrogen and oxygen atoms in total. The first-order valence-electron chi connectivity index (χ1n) is 7.32. The van der Waals surface area contributed by atoms with Gasteiger partial charge in [-0.1, -0.05) is 41.2 Å². The Bertz CT molecular complexity index is 643. The monoisotopic (exact) mass is 317 g/mol. The summed E-state index contributed by atoms with van der Waals surface area (Å²) in [7, 11) is 0. The Morgan fingerprint density at radius 3 is 2.86 bits per heavy atom. The molecule has 0 bridgehead atoms. The minimum absolute atomic E-state index is 0.0569. The van der Waals surface area contributed by atoms with Crippen molar-refractivity contribution in [3.8, 4) is 0 Å². The van der Waals surface area contributed by atoms with Crippen LogP contribution in [0.4, 0.5) is 9.93 Å². The molecule has 0 saturated carbocycles. The second kappa shape index (κ2) is 6.46. The van der Waals surface area contributed by atoms with Gasteiger partial charge in [0, 0.05) is 6.42 Å². The van der Waals surface area contributed by atoms with Crippen molar-refractivity contribution in [3.05, 3.63) is 46.0 Å². The number of urea groups is 1. The van der Waals surface area contributed by atoms with Gasteiger partial charge in [0.1, 0.15) is 0 Å². The van der Waals surface area contributed by atoms with Gasteiger partial charge in [-0.25, -0.2) is 9.78 Å². The second-order valence-corrected chi connectivity index (χ2v) is 6.51. The van der Waals surface area contributed by atoms with E-state index in [0.29, 0.717) is 18.3 Å². The predicted octanol–water partition coefficient (Wildman–Crippen LogP) is 3.41. The summed E-state index contributed by atoms with van der Waals surface area (Å²) in [6, 6.07) is 7.85. The summed E-state index contributed by atoms with van der Waals surface area (Å²) >= 11 is 1.48. The van der Waals surface area contributed by atoms with Gasteiger partial charge in [0.05, 0.1) is 29.8 Å². The molecule has 0 radical (unpaired) electrons. The van der Waals surface area contributed by atoms with Crippen LogP contribution < -0.4 is 10.6 Å². The highest BCUT2D eigenvalue weighted by atomic mass is 32.1. The zero-order valence-corrected chi connectivity index (χ0v) is 13.5. The zero-order valence-electron chi connectivity index (χ0n) is 12.7. The van der Waals surface area contributed by atoms with Gasteiger partial charge in [0.2, 0.25) is 0 Å². The lowest BCUT2D eigenvalue weighted by atomic mass is 10.1. The van der Waals surface area contributed by atoms with E-state index in [2.05, 4.69) is 15.6 Å². The first-order chi connectivity index (χ1) is 10.6. The number of nitrogens with one attached hydrogen (secondary N) is 2. The van der Waals surface area contributed by atoms with Gasteiger partial charge in [-0.05, 0) is 19.4 Å². The Hall–Kier alpha value is -1.92. The molecule has 0 spiro atoms. The van der Waals surface area contributed by atoms with Crippen LogP contribution in [0.25, 0.3) is 0 Å². The molecule has 1 aromatic heterocycles. The van der Waals surface area contributed by atoms with Crippen molar-refractivity contribution in [2.24, 2.45) is 0 Å². The number of aryl methyl sites for hydroxylation is 1. The SMILES string of the molecule is Cc1ccc([C@@H](C)NC(=O)Nc2nc3c(s2)COCC3)cc1. The number of benzene rings is 1. The summed E-state index contributed by atoms with van der Waals surface area (Å²) in [6.07, 6.45) is 0.814. The van der Waals surface area contributed by atoms with Crippen molar-refractivity contribution >= 4 is 22.5 Å². The molecule has 2 heterocycles. The van der Waals surface area contributed by atoms with E-state index in [1.165, 1.54) is 16.9 Å². The predicted molar refractivity (Wildman–Crippen MR) is 87.2 cm³/mol. The number of hydrogen-bond donors (Lipinski definition) is 2. The lowest BCUT2D eigenvalue weighted by Crippen LogP contribution is -2.31. The van der Waals surface area contributed by atoms with Crippen LogP contribution in [0.2, 0.25) is 0 Å². The molecular formula is C16H19N3O2S. The van der Waals surface area contributed by atoms with E-state index in [4.69, 9.17) is 4.74 Å². The highest BCUT2D eigenvalue weighted by molar-refractivity contribution is 7.15. The van der Waals surface area contributed by atoms with Gasteiger partial charge in [-0.15, -0.1) is 0 Å². The van der Waals surface area contributed by atoms with Gasteiger partial charge in [-0.2, -0.15) is 0 Å². The molecule has 0 saturated heterocycles. The number of ether oxygens (including phenoxy) is 1. The number of nitrogens with zero attached hydrogens (tertiary/aromatic N) is 1. The minimum atomic E-state index is -0.236. The van der Waals surface area contributed by atoms with Crippen molar-refractivity contribution in [1.29, 1.82) is 0 Å². The highest BCUT2D eigenvalue weighted by Gasteiger charge is 2.17. The van der Waals surface area contributed by atoms with Crippen LogP contribution in [0, 0.1) is 6.92 Å². The number of carbonyl (C=O) groups is 1. The van der Waals surface area contributed by atoms with Crippen LogP contribution in [-0.4, -0.2) is 17.6 Å². The smallest absolute Gasteiger partial charge is 0.321 e. The average Bonchev–Trinajstić information content (AvgIpc) is 2.89. The summed E-state index contributed by atoms with van der Waals surface area (Å²) in [6.45, 7) is 5.30. The lowest BCUT2D eigenvalue weighted by molar-refractivity contribution is 0.112. The zero-order chi connectivity index (χ0) is 15.5. The lowest BCUT2D eigenvalue weighted by Gasteiger charge is -2.14. The third kappa shape index (κ3) is 3.45. The normalized spacial score (nSPS) is 15.0.